The summed E-state index contributed by atoms with van der Waals surface area (Å²) in [4.78, 5) is 0. The van der Waals surface area contributed by atoms with Crippen LogP contribution in [0.25, 0.3) is 11.4 Å². The summed E-state index contributed by atoms with van der Waals surface area (Å²) in [5.74, 6) is 2.06. The minimum absolute atomic E-state index is 0.591. The van der Waals surface area contributed by atoms with Crippen LogP contribution in [0.2, 0.25) is 0 Å². The van der Waals surface area contributed by atoms with Crippen LogP contribution >= 0.6 is 0 Å². The molecular weight excluding hydrogens is 270 g/mol. The Balaban J connectivity index is 1.68. The lowest BCUT2D eigenvalue weighted by atomic mass is 10.2. The second-order valence-electron chi connectivity index (χ2n) is 5.20. The minimum Gasteiger partial charge on any atom is -0.495 e. The summed E-state index contributed by atoms with van der Waals surface area (Å²) in [7, 11) is 1.59. The third kappa shape index (κ3) is 3.30. The number of anilines is 1. The lowest BCUT2D eigenvalue weighted by molar-refractivity contribution is 0.114. The zero-order chi connectivity index (χ0) is 14.7. The number of ether oxygens (including phenoxy) is 2. The van der Waals surface area contributed by atoms with Crippen LogP contribution in [0.3, 0.4) is 0 Å². The largest absolute Gasteiger partial charge is 0.495 e. The molecule has 1 aliphatic rings. The monoisotopic (exact) mass is 289 g/mol. The van der Waals surface area contributed by atoms with E-state index in [1.54, 1.807) is 17.9 Å². The first kappa shape index (κ1) is 13.8. The summed E-state index contributed by atoms with van der Waals surface area (Å²) in [6.45, 7) is 2.08. The number of hydrogen-bond donors (Lipinski definition) is 1. The molecule has 0 spiro atoms. The Morgan fingerprint density at radius 1 is 1.38 bits per heavy atom. The number of aromatic nitrogens is 4. The van der Waals surface area contributed by atoms with E-state index in [0.717, 1.165) is 18.1 Å². The second-order valence-corrected chi connectivity index (χ2v) is 5.20. The number of nitrogens with two attached hydrogens (primary N) is 1. The van der Waals surface area contributed by atoms with Gasteiger partial charge in [-0.25, -0.2) is 4.68 Å². The van der Waals surface area contributed by atoms with Crippen molar-refractivity contribution in [2.45, 2.75) is 19.4 Å². The maximum Gasteiger partial charge on any atom is 0.182 e. The van der Waals surface area contributed by atoms with Gasteiger partial charge in [-0.1, -0.05) is 0 Å². The maximum absolute atomic E-state index is 5.82. The van der Waals surface area contributed by atoms with Gasteiger partial charge in [0, 0.05) is 12.2 Å². The fraction of sp³-hybridized carbons (Fsp3) is 0.500. The highest BCUT2D eigenvalue weighted by Gasteiger charge is 2.21. The van der Waals surface area contributed by atoms with Crippen LogP contribution in [0.1, 0.15) is 12.8 Å². The molecule has 0 radical (unpaired) electrons. The third-order valence-corrected chi connectivity index (χ3v) is 3.52. The Morgan fingerprint density at radius 3 is 3.00 bits per heavy atom. The smallest absolute Gasteiger partial charge is 0.182 e. The van der Waals surface area contributed by atoms with Crippen LogP contribution < -0.4 is 10.5 Å². The first-order valence-electron chi connectivity index (χ1n) is 7.05. The van der Waals surface area contributed by atoms with E-state index >= 15 is 0 Å². The Kier molecular flexibility index (Phi) is 4.01. The van der Waals surface area contributed by atoms with Gasteiger partial charge in [-0.2, -0.15) is 0 Å². The quantitative estimate of drug-likeness (QED) is 0.611. The van der Waals surface area contributed by atoms with E-state index in [1.165, 1.54) is 12.8 Å². The highest BCUT2D eigenvalue weighted by atomic mass is 16.5. The molecule has 2 aromatic rings. The Bertz CT molecular complexity index is 609. The Labute approximate surface area is 123 Å². The molecule has 0 amide bonds. The molecule has 1 aromatic carbocycles. The van der Waals surface area contributed by atoms with E-state index in [4.69, 9.17) is 15.2 Å². The predicted octanol–water partition coefficient (Wildman–Crippen LogP) is 1.36. The van der Waals surface area contributed by atoms with Crippen LogP contribution in [-0.2, 0) is 11.3 Å². The highest BCUT2D eigenvalue weighted by molar-refractivity contribution is 5.65. The van der Waals surface area contributed by atoms with E-state index in [0.29, 0.717) is 30.4 Å². The first-order valence-corrected chi connectivity index (χ1v) is 7.05. The molecule has 7 heteroatoms. The van der Waals surface area contributed by atoms with Crippen LogP contribution in [0.4, 0.5) is 5.69 Å². The van der Waals surface area contributed by atoms with E-state index < -0.39 is 0 Å². The van der Waals surface area contributed by atoms with Gasteiger partial charge in [-0.15, -0.1) is 5.10 Å². The van der Waals surface area contributed by atoms with Crippen molar-refractivity contribution in [3.8, 4) is 17.1 Å². The number of nitrogen functional groups attached to an aromatic ring is 1. The normalized spacial score (nSPS) is 14.3. The highest BCUT2D eigenvalue weighted by Crippen LogP contribution is 2.29. The molecule has 3 rings (SSSR count). The molecule has 0 saturated heterocycles. The van der Waals surface area contributed by atoms with Gasteiger partial charge in [0.2, 0.25) is 0 Å². The zero-order valence-corrected chi connectivity index (χ0v) is 12.0. The van der Waals surface area contributed by atoms with Crippen molar-refractivity contribution < 1.29 is 9.47 Å². The van der Waals surface area contributed by atoms with E-state index in [-0.39, 0.29) is 0 Å². The molecule has 112 valence electrons. The SMILES string of the molecule is COc1cc(-c2nnnn2CCOCC2CC2)ccc1N. The van der Waals surface area contributed by atoms with E-state index in [9.17, 15) is 0 Å². The molecule has 2 N–H and O–H groups in total. The summed E-state index contributed by atoms with van der Waals surface area (Å²) in [5.41, 5.74) is 7.28. The molecule has 1 aromatic heterocycles. The van der Waals surface area contributed by atoms with Crippen molar-refractivity contribution in [2.75, 3.05) is 26.1 Å². The van der Waals surface area contributed by atoms with Crippen molar-refractivity contribution in [3.63, 3.8) is 0 Å². The molecule has 0 aliphatic heterocycles. The van der Waals surface area contributed by atoms with Gasteiger partial charge in [0.05, 0.1) is 25.9 Å². The molecule has 1 saturated carbocycles. The predicted molar refractivity (Wildman–Crippen MR) is 77.8 cm³/mol. The first-order chi connectivity index (χ1) is 10.3. The lowest BCUT2D eigenvalue weighted by Crippen LogP contribution is -2.10. The van der Waals surface area contributed by atoms with Gasteiger partial charge >= 0.3 is 0 Å². The van der Waals surface area contributed by atoms with Gasteiger partial charge in [0.1, 0.15) is 5.75 Å². The molecule has 0 atom stereocenters. The minimum atomic E-state index is 0.591. The van der Waals surface area contributed by atoms with Gasteiger partial charge in [0.25, 0.3) is 0 Å². The molecule has 1 heterocycles. The summed E-state index contributed by atoms with van der Waals surface area (Å²) >= 11 is 0. The number of tetrazole rings is 1. The number of methoxy groups -OCH3 is 1. The molecule has 21 heavy (non-hydrogen) atoms. The Hall–Kier alpha value is -2.15. The standard InChI is InChI=1S/C14H19N5O2/c1-20-13-8-11(4-5-12(13)15)14-16-17-18-19(14)6-7-21-9-10-2-3-10/h4-5,8,10H,2-3,6-7,9,15H2,1H3. The average molecular weight is 289 g/mol. The lowest BCUT2D eigenvalue weighted by Gasteiger charge is -2.08. The number of nitrogens with zero attached hydrogens (tertiary/aromatic N) is 4. The summed E-state index contributed by atoms with van der Waals surface area (Å²) in [6, 6.07) is 5.50. The molecule has 7 nitrogen and oxygen atoms in total. The fourth-order valence-corrected chi connectivity index (χ4v) is 2.10. The van der Waals surface area contributed by atoms with Crippen LogP contribution in [0, 0.1) is 5.92 Å². The number of rotatable bonds is 7. The van der Waals surface area contributed by atoms with E-state index in [1.807, 2.05) is 12.1 Å². The van der Waals surface area contributed by atoms with Crippen molar-refractivity contribution in [3.05, 3.63) is 18.2 Å². The molecule has 0 unspecified atom stereocenters. The van der Waals surface area contributed by atoms with Crippen molar-refractivity contribution >= 4 is 5.69 Å². The van der Waals surface area contributed by atoms with Crippen molar-refractivity contribution in [2.24, 2.45) is 5.92 Å². The maximum atomic E-state index is 5.82. The topological polar surface area (TPSA) is 88.1 Å². The summed E-state index contributed by atoms with van der Waals surface area (Å²) in [5, 5.41) is 11.8. The van der Waals surface area contributed by atoms with E-state index in [2.05, 4.69) is 15.5 Å². The van der Waals surface area contributed by atoms with Crippen LogP contribution in [0.5, 0.6) is 5.75 Å². The van der Waals surface area contributed by atoms with Crippen LogP contribution in [-0.4, -0.2) is 40.5 Å². The number of benzene rings is 1. The van der Waals surface area contributed by atoms with Gasteiger partial charge in [-0.05, 0) is 47.4 Å². The summed E-state index contributed by atoms with van der Waals surface area (Å²) in [6.07, 6.45) is 2.59. The van der Waals surface area contributed by atoms with Gasteiger partial charge < -0.3 is 15.2 Å². The summed E-state index contributed by atoms with van der Waals surface area (Å²) < 4.78 is 12.6. The third-order valence-electron chi connectivity index (χ3n) is 3.52. The second kappa shape index (κ2) is 6.09. The van der Waals surface area contributed by atoms with Crippen molar-refractivity contribution in [1.82, 2.24) is 20.2 Å². The Morgan fingerprint density at radius 2 is 2.24 bits per heavy atom. The molecule has 0 bridgehead atoms. The van der Waals surface area contributed by atoms with Gasteiger partial charge in [0.15, 0.2) is 5.82 Å². The van der Waals surface area contributed by atoms with Gasteiger partial charge in [-0.3, -0.25) is 0 Å². The number of hydrogen-bond acceptors (Lipinski definition) is 6. The molecule has 1 aliphatic carbocycles. The zero-order valence-electron chi connectivity index (χ0n) is 12.0. The molecule has 1 fully saturated rings. The van der Waals surface area contributed by atoms with Crippen LogP contribution in [0.15, 0.2) is 18.2 Å². The molecular formula is C14H19N5O2. The fourth-order valence-electron chi connectivity index (χ4n) is 2.10. The average Bonchev–Trinajstić information content (AvgIpc) is 3.21. The van der Waals surface area contributed by atoms with Crippen molar-refractivity contribution in [1.29, 1.82) is 0 Å².